The molecule has 0 saturated heterocycles. The third kappa shape index (κ3) is 4.85. The van der Waals surface area contributed by atoms with Crippen molar-refractivity contribution in [3.8, 4) is 0 Å². The van der Waals surface area contributed by atoms with Crippen molar-refractivity contribution in [3.05, 3.63) is 64.7 Å². The third-order valence-electron chi connectivity index (χ3n) is 4.12. The van der Waals surface area contributed by atoms with Crippen molar-refractivity contribution in [1.82, 2.24) is 5.32 Å². The lowest BCUT2D eigenvalue weighted by atomic mass is 10.1. The minimum atomic E-state index is 0.0565. The summed E-state index contributed by atoms with van der Waals surface area (Å²) in [6.07, 6.45) is 0.867. The number of benzene rings is 2. The first-order valence-corrected chi connectivity index (χ1v) is 8.07. The van der Waals surface area contributed by atoms with Crippen LogP contribution in [0.25, 0.3) is 0 Å². The zero-order valence-electron chi connectivity index (χ0n) is 14.5. The number of aryl methyl sites for hydroxylation is 3. The van der Waals surface area contributed by atoms with Gasteiger partial charge in [-0.25, -0.2) is 0 Å². The van der Waals surface area contributed by atoms with E-state index in [-0.39, 0.29) is 5.91 Å². The predicted molar refractivity (Wildman–Crippen MR) is 97.1 cm³/mol. The fourth-order valence-electron chi connectivity index (χ4n) is 2.82. The van der Waals surface area contributed by atoms with E-state index in [0.29, 0.717) is 13.1 Å². The molecular formula is C20H26N2O. The van der Waals surface area contributed by atoms with Crippen LogP contribution in [0.5, 0.6) is 0 Å². The van der Waals surface area contributed by atoms with Crippen LogP contribution in [0, 0.1) is 20.8 Å². The molecule has 3 heteroatoms. The van der Waals surface area contributed by atoms with Gasteiger partial charge in [0.1, 0.15) is 0 Å². The minimum Gasteiger partial charge on any atom is -0.365 e. The van der Waals surface area contributed by atoms with Crippen LogP contribution < -0.4 is 10.2 Å². The number of rotatable bonds is 6. The largest absolute Gasteiger partial charge is 0.365 e. The van der Waals surface area contributed by atoms with Gasteiger partial charge in [-0.05, 0) is 49.9 Å². The number of likely N-dealkylation sites (N-methyl/N-ethyl adjacent to an activating group) is 1. The Bertz CT molecular complexity index is 679. The molecule has 1 amide bonds. The molecule has 0 aromatic heterocycles. The Hall–Kier alpha value is -2.29. The van der Waals surface area contributed by atoms with E-state index in [1.165, 1.54) is 22.3 Å². The average molecular weight is 310 g/mol. The van der Waals surface area contributed by atoms with Gasteiger partial charge in [0.15, 0.2) is 0 Å². The molecule has 0 aliphatic carbocycles. The predicted octanol–water partition coefficient (Wildman–Crippen LogP) is 3.41. The molecule has 0 atom stereocenters. The summed E-state index contributed by atoms with van der Waals surface area (Å²) in [4.78, 5) is 14.1. The van der Waals surface area contributed by atoms with Crippen LogP contribution >= 0.6 is 0 Å². The van der Waals surface area contributed by atoms with Gasteiger partial charge in [0.2, 0.25) is 5.91 Å². The number of carbonyl (C=O) groups excluding carboxylic acids is 1. The zero-order valence-corrected chi connectivity index (χ0v) is 14.5. The highest BCUT2D eigenvalue weighted by atomic mass is 16.2. The van der Waals surface area contributed by atoms with E-state index in [4.69, 9.17) is 0 Å². The number of nitrogens with one attached hydrogen (secondary N) is 1. The Morgan fingerprint density at radius 3 is 2.48 bits per heavy atom. The Balaban J connectivity index is 1.83. The SMILES string of the molecule is Cc1ccc(N(C)CC(=O)NCCc2ccccc2C)c(C)c1. The van der Waals surface area contributed by atoms with E-state index >= 15 is 0 Å². The molecule has 122 valence electrons. The van der Waals surface area contributed by atoms with Gasteiger partial charge in [0, 0.05) is 19.3 Å². The van der Waals surface area contributed by atoms with E-state index < -0.39 is 0 Å². The van der Waals surface area contributed by atoms with Crippen LogP contribution in [0.3, 0.4) is 0 Å². The normalized spacial score (nSPS) is 10.4. The fourth-order valence-corrected chi connectivity index (χ4v) is 2.82. The Morgan fingerprint density at radius 1 is 1.04 bits per heavy atom. The molecule has 0 spiro atoms. The molecular weight excluding hydrogens is 284 g/mol. The van der Waals surface area contributed by atoms with Crippen LogP contribution in [0.2, 0.25) is 0 Å². The Labute approximate surface area is 139 Å². The number of amides is 1. The minimum absolute atomic E-state index is 0.0565. The second-order valence-electron chi connectivity index (χ2n) is 6.17. The van der Waals surface area contributed by atoms with Gasteiger partial charge in [-0.15, -0.1) is 0 Å². The van der Waals surface area contributed by atoms with Gasteiger partial charge >= 0.3 is 0 Å². The standard InChI is InChI=1S/C20H26N2O/c1-15-9-10-19(17(3)13-15)22(4)14-20(23)21-12-11-18-8-6-5-7-16(18)2/h5-10,13H,11-12,14H2,1-4H3,(H,21,23). The lowest BCUT2D eigenvalue weighted by Gasteiger charge is -2.21. The van der Waals surface area contributed by atoms with E-state index in [2.05, 4.69) is 56.4 Å². The van der Waals surface area contributed by atoms with Gasteiger partial charge in [0.25, 0.3) is 0 Å². The fraction of sp³-hybridized carbons (Fsp3) is 0.350. The summed E-state index contributed by atoms with van der Waals surface area (Å²) in [7, 11) is 1.96. The van der Waals surface area contributed by atoms with Crippen molar-refractivity contribution >= 4 is 11.6 Å². The summed E-state index contributed by atoms with van der Waals surface area (Å²) in [5, 5.41) is 3.01. The van der Waals surface area contributed by atoms with Crippen molar-refractivity contribution in [2.75, 3.05) is 25.0 Å². The smallest absolute Gasteiger partial charge is 0.239 e. The average Bonchev–Trinajstić information content (AvgIpc) is 2.49. The van der Waals surface area contributed by atoms with Crippen molar-refractivity contribution in [1.29, 1.82) is 0 Å². The van der Waals surface area contributed by atoms with Crippen LogP contribution in [0.4, 0.5) is 5.69 Å². The molecule has 2 rings (SSSR count). The first kappa shape index (κ1) is 17.1. The van der Waals surface area contributed by atoms with Crippen LogP contribution in [0.1, 0.15) is 22.3 Å². The second kappa shape index (κ2) is 7.82. The van der Waals surface area contributed by atoms with Crippen molar-refractivity contribution in [2.45, 2.75) is 27.2 Å². The van der Waals surface area contributed by atoms with E-state index in [1.807, 2.05) is 24.1 Å². The molecule has 0 bridgehead atoms. The van der Waals surface area contributed by atoms with Crippen molar-refractivity contribution in [3.63, 3.8) is 0 Å². The van der Waals surface area contributed by atoms with Gasteiger partial charge in [-0.3, -0.25) is 4.79 Å². The topological polar surface area (TPSA) is 32.3 Å². The van der Waals surface area contributed by atoms with Crippen LogP contribution in [-0.2, 0) is 11.2 Å². The lowest BCUT2D eigenvalue weighted by molar-refractivity contribution is -0.119. The molecule has 0 saturated carbocycles. The molecule has 3 nitrogen and oxygen atoms in total. The third-order valence-corrected chi connectivity index (χ3v) is 4.12. The molecule has 1 N–H and O–H groups in total. The molecule has 2 aromatic rings. The van der Waals surface area contributed by atoms with Gasteiger partial charge in [-0.1, -0.05) is 42.0 Å². The maximum Gasteiger partial charge on any atom is 0.239 e. The highest BCUT2D eigenvalue weighted by Crippen LogP contribution is 2.19. The monoisotopic (exact) mass is 310 g/mol. The Morgan fingerprint density at radius 2 is 1.78 bits per heavy atom. The van der Waals surface area contributed by atoms with E-state index in [1.54, 1.807) is 0 Å². The number of hydrogen-bond acceptors (Lipinski definition) is 2. The quantitative estimate of drug-likeness (QED) is 0.887. The van der Waals surface area contributed by atoms with Crippen molar-refractivity contribution in [2.24, 2.45) is 0 Å². The lowest BCUT2D eigenvalue weighted by Crippen LogP contribution is -2.36. The molecule has 0 heterocycles. The molecule has 2 aromatic carbocycles. The van der Waals surface area contributed by atoms with Gasteiger partial charge in [-0.2, -0.15) is 0 Å². The maximum atomic E-state index is 12.1. The van der Waals surface area contributed by atoms with E-state index in [9.17, 15) is 4.79 Å². The molecule has 0 radical (unpaired) electrons. The summed E-state index contributed by atoms with van der Waals surface area (Å²) < 4.78 is 0. The van der Waals surface area contributed by atoms with E-state index in [0.717, 1.165) is 12.1 Å². The van der Waals surface area contributed by atoms with Crippen LogP contribution in [0.15, 0.2) is 42.5 Å². The molecule has 0 unspecified atom stereocenters. The van der Waals surface area contributed by atoms with Gasteiger partial charge < -0.3 is 10.2 Å². The second-order valence-corrected chi connectivity index (χ2v) is 6.17. The highest BCUT2D eigenvalue weighted by Gasteiger charge is 2.09. The van der Waals surface area contributed by atoms with Gasteiger partial charge in [0.05, 0.1) is 6.54 Å². The summed E-state index contributed by atoms with van der Waals surface area (Å²) in [6, 6.07) is 14.6. The molecule has 0 aliphatic rings. The summed E-state index contributed by atoms with van der Waals surface area (Å²) >= 11 is 0. The number of anilines is 1. The summed E-state index contributed by atoms with van der Waals surface area (Å²) in [5.74, 6) is 0.0565. The Kier molecular flexibility index (Phi) is 5.80. The maximum absolute atomic E-state index is 12.1. The molecule has 23 heavy (non-hydrogen) atoms. The van der Waals surface area contributed by atoms with Crippen molar-refractivity contribution < 1.29 is 4.79 Å². The summed E-state index contributed by atoms with van der Waals surface area (Å²) in [6.45, 7) is 7.30. The van der Waals surface area contributed by atoms with Crippen LogP contribution in [-0.4, -0.2) is 26.0 Å². The zero-order chi connectivity index (χ0) is 16.8. The number of carbonyl (C=O) groups is 1. The first-order valence-electron chi connectivity index (χ1n) is 8.07. The number of nitrogens with zero attached hydrogens (tertiary/aromatic N) is 1. The first-order chi connectivity index (χ1) is 11.0. The molecule has 0 fully saturated rings. The number of hydrogen-bond donors (Lipinski definition) is 1. The molecule has 0 aliphatic heterocycles. The summed E-state index contributed by atoms with van der Waals surface area (Å²) in [5.41, 5.74) is 6.09. The highest BCUT2D eigenvalue weighted by molar-refractivity contribution is 5.81.